The second kappa shape index (κ2) is 9.63. The number of hydrogen-bond donors (Lipinski definition) is 5. The van der Waals surface area contributed by atoms with Crippen molar-refractivity contribution in [3.8, 4) is 17.5 Å². The number of anilines is 2. The molecule has 0 saturated heterocycles. The molecule has 0 atom stereocenters. The van der Waals surface area contributed by atoms with Crippen LogP contribution >= 0.6 is 0 Å². The van der Waals surface area contributed by atoms with Crippen molar-refractivity contribution < 1.29 is 24.9 Å². The highest BCUT2D eigenvalue weighted by Crippen LogP contribution is 2.47. The third-order valence-electron chi connectivity index (χ3n) is 4.67. The normalized spacial score (nSPS) is 11.7. The number of amides is 2. The minimum absolute atomic E-state index is 0.0229. The lowest BCUT2D eigenvalue weighted by molar-refractivity contribution is -0.115. The summed E-state index contributed by atoms with van der Waals surface area (Å²) in [5.41, 5.74) is 0.238. The quantitative estimate of drug-likeness (QED) is 0.328. The van der Waals surface area contributed by atoms with Gasteiger partial charge in [-0.3, -0.25) is 14.2 Å². The van der Waals surface area contributed by atoms with E-state index in [4.69, 9.17) is 0 Å². The van der Waals surface area contributed by atoms with Crippen LogP contribution in [0.5, 0.6) is 17.5 Å². The maximum atomic E-state index is 12.6. The molecule has 0 radical (unpaired) electrons. The summed E-state index contributed by atoms with van der Waals surface area (Å²) in [5.74, 6) is -2.15. The first kappa shape index (κ1) is 24.6. The number of phenolic OH excluding ortho intramolecular Hbond substituents is 1. The average molecular weight is 446 g/mol. The van der Waals surface area contributed by atoms with E-state index in [9.17, 15) is 24.9 Å². The van der Waals surface area contributed by atoms with Gasteiger partial charge >= 0.3 is 0 Å². The van der Waals surface area contributed by atoms with Crippen molar-refractivity contribution in [2.45, 2.75) is 33.7 Å². The maximum absolute atomic E-state index is 12.6. The number of para-hydroxylation sites is 1. The number of aromatic nitrogens is 1. The number of aliphatic imine (C=N–C) groups is 1. The minimum atomic E-state index is -0.406. The van der Waals surface area contributed by atoms with Crippen LogP contribution in [0.15, 0.2) is 23.2 Å². The Bertz CT molecular complexity index is 1050. The van der Waals surface area contributed by atoms with Crippen LogP contribution in [0, 0.1) is 5.92 Å². The Kier molecular flexibility index (Phi) is 7.40. The number of hydrogen-bond acceptors (Lipinski definition) is 7. The summed E-state index contributed by atoms with van der Waals surface area (Å²) in [6.45, 7) is 7.21. The molecule has 2 aromatic rings. The van der Waals surface area contributed by atoms with E-state index in [1.165, 1.54) is 24.1 Å². The molecule has 2 amide bonds. The van der Waals surface area contributed by atoms with Crippen LogP contribution in [-0.4, -0.2) is 62.4 Å². The maximum Gasteiger partial charge on any atom is 0.266 e. The van der Waals surface area contributed by atoms with Gasteiger partial charge in [-0.1, -0.05) is 19.9 Å². The molecule has 0 aliphatic heterocycles. The molecule has 10 heteroatoms. The summed E-state index contributed by atoms with van der Waals surface area (Å²) < 4.78 is 1.09. The molecule has 1 aromatic heterocycles. The largest absolute Gasteiger partial charge is 0.505 e. The van der Waals surface area contributed by atoms with Crippen molar-refractivity contribution in [3.05, 3.63) is 23.8 Å². The Morgan fingerprint density at radius 3 is 2.22 bits per heavy atom. The molecule has 32 heavy (non-hydrogen) atoms. The summed E-state index contributed by atoms with van der Waals surface area (Å²) in [5, 5.41) is 37.4. The highest BCUT2D eigenvalue weighted by Gasteiger charge is 2.25. The lowest BCUT2D eigenvalue weighted by Gasteiger charge is -2.15. The molecule has 2 rings (SSSR count). The van der Waals surface area contributed by atoms with Crippen molar-refractivity contribution in [2.75, 3.05) is 19.4 Å². The molecule has 0 saturated carbocycles. The number of benzene rings is 1. The van der Waals surface area contributed by atoms with E-state index in [0.717, 1.165) is 4.57 Å². The zero-order valence-electron chi connectivity index (χ0n) is 19.4. The average Bonchev–Trinajstić information content (AvgIpc) is 2.89. The lowest BCUT2D eigenvalue weighted by Crippen LogP contribution is -2.38. The van der Waals surface area contributed by atoms with Crippen LogP contribution in [0.3, 0.4) is 0 Å². The molecule has 5 N–H and O–H groups in total. The van der Waals surface area contributed by atoms with Crippen LogP contribution in [0.2, 0.25) is 0 Å². The minimum Gasteiger partial charge on any atom is -0.505 e. The zero-order chi connectivity index (χ0) is 24.3. The van der Waals surface area contributed by atoms with E-state index < -0.39 is 11.8 Å². The van der Waals surface area contributed by atoms with Crippen LogP contribution in [-0.2, 0) is 11.8 Å². The van der Waals surface area contributed by atoms with Crippen molar-refractivity contribution in [3.63, 3.8) is 0 Å². The van der Waals surface area contributed by atoms with Crippen molar-refractivity contribution in [1.29, 1.82) is 0 Å². The summed E-state index contributed by atoms with van der Waals surface area (Å²) >= 11 is 0. The van der Waals surface area contributed by atoms with Crippen LogP contribution in [0.1, 0.15) is 38.1 Å². The molecule has 0 aliphatic carbocycles. The number of rotatable bonds is 7. The Morgan fingerprint density at radius 2 is 1.69 bits per heavy atom. The molecule has 1 heterocycles. The Labute approximate surface area is 187 Å². The fourth-order valence-corrected chi connectivity index (χ4v) is 2.96. The van der Waals surface area contributed by atoms with Gasteiger partial charge in [-0.15, -0.1) is 0 Å². The second-order valence-electron chi connectivity index (χ2n) is 8.24. The predicted octanol–water partition coefficient (Wildman–Crippen LogP) is 2.84. The van der Waals surface area contributed by atoms with Gasteiger partial charge in [0, 0.05) is 33.1 Å². The molecule has 174 valence electrons. The number of nitrogens with zero attached hydrogens (tertiary/aromatic N) is 3. The summed E-state index contributed by atoms with van der Waals surface area (Å²) in [6.07, 6.45) is 0. The third-order valence-corrected chi connectivity index (χ3v) is 4.67. The second-order valence-corrected chi connectivity index (χ2v) is 8.24. The molecular weight excluding hydrogens is 414 g/mol. The molecule has 0 unspecified atom stereocenters. The van der Waals surface area contributed by atoms with Gasteiger partial charge in [0.25, 0.3) is 11.8 Å². The van der Waals surface area contributed by atoms with Gasteiger partial charge in [-0.25, -0.2) is 4.99 Å². The number of aromatic hydroxyl groups is 3. The molecule has 0 fully saturated rings. The SMILES string of the molecule is CC(C)NC(=O)C(=Nc1c(Nc2cccc(C(=O)N(C)C)c2O)c(O)n(C)c1O)C(C)C. The molecule has 0 aliphatic rings. The van der Waals surface area contributed by atoms with Crippen LogP contribution in [0.4, 0.5) is 17.1 Å². The van der Waals surface area contributed by atoms with Gasteiger partial charge in [0.15, 0.2) is 11.4 Å². The monoisotopic (exact) mass is 445 g/mol. The summed E-state index contributed by atoms with van der Waals surface area (Å²) in [6, 6.07) is 4.43. The Balaban J connectivity index is 2.61. The van der Waals surface area contributed by atoms with Crippen molar-refractivity contribution in [1.82, 2.24) is 14.8 Å². The van der Waals surface area contributed by atoms with Crippen LogP contribution in [0.25, 0.3) is 0 Å². The number of phenols is 1. The Hall–Kier alpha value is -3.69. The fraction of sp³-hybridized carbons (Fsp3) is 0.409. The van der Waals surface area contributed by atoms with E-state index in [1.54, 1.807) is 34.0 Å². The summed E-state index contributed by atoms with van der Waals surface area (Å²) in [7, 11) is 4.54. The highest BCUT2D eigenvalue weighted by atomic mass is 16.3. The van der Waals surface area contributed by atoms with Gasteiger partial charge in [-0.2, -0.15) is 0 Å². The first-order valence-corrected chi connectivity index (χ1v) is 10.2. The number of carbonyl (C=O) groups excluding carboxylic acids is 2. The van der Waals surface area contributed by atoms with E-state index in [0.29, 0.717) is 0 Å². The first-order valence-electron chi connectivity index (χ1n) is 10.2. The van der Waals surface area contributed by atoms with Gasteiger partial charge in [-0.05, 0) is 26.0 Å². The lowest BCUT2D eigenvalue weighted by atomic mass is 10.1. The predicted molar refractivity (Wildman–Crippen MR) is 123 cm³/mol. The Morgan fingerprint density at radius 1 is 1.06 bits per heavy atom. The number of nitrogens with one attached hydrogen (secondary N) is 2. The standard InChI is InChI=1S/C22H31N5O5/c1-11(2)15(19(29)23-12(3)4)25-17-16(21(31)27(7)22(17)32)24-14-10-8-9-13(18(14)28)20(30)26(5)6/h8-12,24,28,31-32H,1-7H3,(H,23,29). The van der Waals surface area contributed by atoms with Crippen molar-refractivity contribution in [2.24, 2.45) is 18.0 Å². The van der Waals surface area contributed by atoms with Gasteiger partial charge < -0.3 is 30.9 Å². The number of carbonyl (C=O) groups is 2. The molecule has 10 nitrogen and oxygen atoms in total. The molecular formula is C22H31N5O5. The first-order chi connectivity index (χ1) is 14.9. The van der Waals surface area contributed by atoms with Crippen LogP contribution < -0.4 is 10.6 Å². The van der Waals surface area contributed by atoms with E-state index in [-0.39, 0.29) is 57.8 Å². The topological polar surface area (TPSA) is 139 Å². The van der Waals surface area contributed by atoms with E-state index in [1.807, 2.05) is 13.8 Å². The van der Waals surface area contributed by atoms with Gasteiger partial charge in [0.2, 0.25) is 11.8 Å². The molecule has 0 bridgehead atoms. The smallest absolute Gasteiger partial charge is 0.266 e. The highest BCUT2D eigenvalue weighted by molar-refractivity contribution is 6.40. The zero-order valence-corrected chi connectivity index (χ0v) is 19.4. The van der Waals surface area contributed by atoms with Gasteiger partial charge in [0.1, 0.15) is 11.4 Å². The third kappa shape index (κ3) is 4.96. The van der Waals surface area contributed by atoms with Crippen molar-refractivity contribution >= 4 is 34.6 Å². The fourth-order valence-electron chi connectivity index (χ4n) is 2.96. The van der Waals surface area contributed by atoms with Gasteiger partial charge in [0.05, 0.1) is 11.3 Å². The summed E-state index contributed by atoms with van der Waals surface area (Å²) in [4.78, 5) is 30.6. The van der Waals surface area contributed by atoms with E-state index >= 15 is 0 Å². The van der Waals surface area contributed by atoms with E-state index in [2.05, 4.69) is 15.6 Å². The molecule has 1 aromatic carbocycles. The molecule has 0 spiro atoms.